The predicted molar refractivity (Wildman–Crippen MR) is 95.5 cm³/mol. The predicted octanol–water partition coefficient (Wildman–Crippen LogP) is 2.71. The van der Waals surface area contributed by atoms with Crippen LogP contribution in [0.1, 0.15) is 12.5 Å². The van der Waals surface area contributed by atoms with Gasteiger partial charge in [0.25, 0.3) is 0 Å². The number of carboxylic acid groups (broad SMARTS) is 1. The lowest BCUT2D eigenvalue weighted by Gasteiger charge is -2.18. The highest BCUT2D eigenvalue weighted by Crippen LogP contribution is 2.31. The fraction of sp³-hybridized carbons (Fsp3) is 0.364. The molecule has 100 valence electrons. The molecular weight excluding hydrogens is 575 g/mol. The van der Waals surface area contributed by atoms with E-state index in [0.717, 1.165) is 16.3 Å². The molecule has 0 aliphatic rings. The minimum Gasteiger partial charge on any atom is -0.481 e. The molecule has 7 heteroatoms. The molecule has 0 fully saturated rings. The van der Waals surface area contributed by atoms with Crippen molar-refractivity contribution in [3.63, 3.8) is 0 Å². The van der Waals surface area contributed by atoms with Crippen molar-refractivity contribution < 1.29 is 15.0 Å². The van der Waals surface area contributed by atoms with Crippen LogP contribution in [-0.2, 0) is 11.2 Å². The second kappa shape index (κ2) is 6.88. The Hall–Kier alpha value is 0.640. The zero-order valence-corrected chi connectivity index (χ0v) is 15.9. The second-order valence-corrected chi connectivity index (χ2v) is 7.34. The number of carbonyl (C=O) groups is 1. The molecule has 1 aromatic rings. The van der Waals surface area contributed by atoms with E-state index in [-0.39, 0.29) is 6.42 Å². The van der Waals surface area contributed by atoms with Crippen LogP contribution in [0.4, 0.5) is 5.69 Å². The lowest BCUT2D eigenvalue weighted by atomic mass is 9.95. The normalized spacial score (nSPS) is 14.3. The first-order valence-electron chi connectivity index (χ1n) is 5.08. The maximum absolute atomic E-state index is 11.1. The standard InChI is InChI=1S/C11H12I3NO3/c1-4(16)5(11(17)18)2-6-7(12)3-8(13)10(15)9(6)14/h3-5,16H,2,15H2,1H3,(H,17,18). The van der Waals surface area contributed by atoms with E-state index in [1.165, 1.54) is 6.92 Å². The number of carboxylic acids is 1. The number of aliphatic hydroxyl groups excluding tert-OH is 1. The summed E-state index contributed by atoms with van der Waals surface area (Å²) in [7, 11) is 0. The largest absolute Gasteiger partial charge is 0.481 e. The molecule has 2 unspecified atom stereocenters. The third-order valence-electron chi connectivity index (χ3n) is 2.62. The molecule has 1 aromatic carbocycles. The van der Waals surface area contributed by atoms with E-state index in [9.17, 15) is 9.90 Å². The van der Waals surface area contributed by atoms with Gasteiger partial charge in [-0.1, -0.05) is 0 Å². The highest BCUT2D eigenvalue weighted by atomic mass is 127. The van der Waals surface area contributed by atoms with E-state index in [1.807, 2.05) is 6.07 Å². The third-order valence-corrected chi connectivity index (χ3v) is 5.71. The first-order valence-corrected chi connectivity index (χ1v) is 8.32. The minimum atomic E-state index is -0.992. The van der Waals surface area contributed by atoms with Gasteiger partial charge in [-0.2, -0.15) is 0 Å². The number of benzene rings is 1. The summed E-state index contributed by atoms with van der Waals surface area (Å²) in [6.45, 7) is 1.49. The Kier molecular flexibility index (Phi) is 6.38. The van der Waals surface area contributed by atoms with Crippen LogP contribution in [0.15, 0.2) is 6.07 Å². The molecule has 0 heterocycles. The maximum Gasteiger partial charge on any atom is 0.309 e. The number of hydrogen-bond donors (Lipinski definition) is 3. The average molecular weight is 587 g/mol. The zero-order valence-electron chi connectivity index (χ0n) is 9.45. The van der Waals surface area contributed by atoms with E-state index in [4.69, 9.17) is 10.8 Å². The molecule has 0 amide bonds. The molecule has 18 heavy (non-hydrogen) atoms. The van der Waals surface area contributed by atoms with Crippen LogP contribution in [0.25, 0.3) is 0 Å². The van der Waals surface area contributed by atoms with E-state index in [1.54, 1.807) is 0 Å². The number of nitrogens with two attached hydrogens (primary N) is 1. The van der Waals surface area contributed by atoms with Gasteiger partial charge in [0.15, 0.2) is 0 Å². The molecule has 4 N–H and O–H groups in total. The van der Waals surface area contributed by atoms with E-state index in [2.05, 4.69) is 67.8 Å². The van der Waals surface area contributed by atoms with Crippen molar-refractivity contribution in [2.24, 2.45) is 5.92 Å². The summed E-state index contributed by atoms with van der Waals surface area (Å²) in [5, 5.41) is 18.6. The summed E-state index contributed by atoms with van der Waals surface area (Å²) in [4.78, 5) is 11.1. The Labute approximate surface area is 146 Å². The van der Waals surface area contributed by atoms with Gasteiger partial charge < -0.3 is 15.9 Å². The van der Waals surface area contributed by atoms with Crippen LogP contribution in [-0.4, -0.2) is 22.3 Å². The first-order chi connectivity index (χ1) is 8.25. The highest BCUT2D eigenvalue weighted by molar-refractivity contribution is 14.1. The Morgan fingerprint density at radius 3 is 2.39 bits per heavy atom. The molecule has 1 rings (SSSR count). The molecule has 0 aliphatic heterocycles. The number of rotatable bonds is 4. The van der Waals surface area contributed by atoms with E-state index < -0.39 is 18.0 Å². The van der Waals surface area contributed by atoms with Crippen molar-refractivity contribution in [3.8, 4) is 0 Å². The Morgan fingerprint density at radius 2 is 1.94 bits per heavy atom. The fourth-order valence-corrected chi connectivity index (χ4v) is 5.33. The Morgan fingerprint density at radius 1 is 1.39 bits per heavy atom. The lowest BCUT2D eigenvalue weighted by molar-refractivity contribution is -0.145. The van der Waals surface area contributed by atoms with Crippen LogP contribution < -0.4 is 5.73 Å². The average Bonchev–Trinajstić information content (AvgIpc) is 2.25. The SMILES string of the molecule is CC(O)C(Cc1c(I)cc(I)c(N)c1I)C(=O)O. The summed E-state index contributed by atoms with van der Waals surface area (Å²) < 4.78 is 2.80. The van der Waals surface area contributed by atoms with Crippen LogP contribution in [0.2, 0.25) is 0 Å². The monoisotopic (exact) mass is 587 g/mol. The second-order valence-electron chi connectivity index (χ2n) is 3.94. The topological polar surface area (TPSA) is 83.5 Å². The summed E-state index contributed by atoms with van der Waals surface area (Å²) in [5.74, 6) is -1.81. The smallest absolute Gasteiger partial charge is 0.309 e. The molecule has 0 saturated heterocycles. The fourth-order valence-electron chi connectivity index (χ4n) is 1.52. The summed E-state index contributed by atoms with van der Waals surface area (Å²) in [6.07, 6.45) is -0.611. The summed E-state index contributed by atoms with van der Waals surface area (Å²) >= 11 is 6.45. The van der Waals surface area contributed by atoms with Crippen molar-refractivity contribution in [3.05, 3.63) is 22.3 Å². The van der Waals surface area contributed by atoms with Gasteiger partial charge in [-0.15, -0.1) is 0 Å². The number of aliphatic hydroxyl groups is 1. The van der Waals surface area contributed by atoms with Crippen LogP contribution in [0.5, 0.6) is 0 Å². The number of anilines is 1. The molecular formula is C11H12I3NO3. The summed E-state index contributed by atoms with van der Waals surface area (Å²) in [6, 6.07) is 1.93. The minimum absolute atomic E-state index is 0.282. The molecule has 0 aromatic heterocycles. The van der Waals surface area contributed by atoms with Crippen molar-refractivity contribution in [1.82, 2.24) is 0 Å². The van der Waals surface area contributed by atoms with Gasteiger partial charge >= 0.3 is 5.97 Å². The van der Waals surface area contributed by atoms with Gasteiger partial charge in [-0.3, -0.25) is 4.79 Å². The number of aliphatic carboxylic acids is 1. The van der Waals surface area contributed by atoms with Crippen LogP contribution >= 0.6 is 67.8 Å². The molecule has 0 spiro atoms. The molecule has 0 bridgehead atoms. The van der Waals surface area contributed by atoms with Crippen molar-refractivity contribution >= 4 is 79.4 Å². The number of halogens is 3. The maximum atomic E-state index is 11.1. The number of nitrogen functional groups attached to an aromatic ring is 1. The van der Waals surface area contributed by atoms with Crippen LogP contribution in [0, 0.1) is 16.6 Å². The Bertz CT molecular complexity index is 477. The quantitative estimate of drug-likeness (QED) is 0.374. The first kappa shape index (κ1) is 16.7. The third kappa shape index (κ3) is 3.82. The van der Waals surface area contributed by atoms with Gasteiger partial charge in [0.1, 0.15) is 0 Å². The van der Waals surface area contributed by atoms with Crippen molar-refractivity contribution in [2.45, 2.75) is 19.4 Å². The van der Waals surface area contributed by atoms with Gasteiger partial charge in [-0.05, 0) is 92.7 Å². The zero-order chi connectivity index (χ0) is 14.0. The Balaban J connectivity index is 3.18. The lowest BCUT2D eigenvalue weighted by Crippen LogP contribution is -2.28. The van der Waals surface area contributed by atoms with Gasteiger partial charge in [-0.25, -0.2) is 0 Å². The molecule has 0 aliphatic carbocycles. The van der Waals surface area contributed by atoms with Crippen molar-refractivity contribution in [1.29, 1.82) is 0 Å². The van der Waals surface area contributed by atoms with E-state index >= 15 is 0 Å². The van der Waals surface area contributed by atoms with Gasteiger partial charge in [0.2, 0.25) is 0 Å². The summed E-state index contributed by atoms with van der Waals surface area (Å²) in [5.41, 5.74) is 7.51. The highest BCUT2D eigenvalue weighted by Gasteiger charge is 2.26. The van der Waals surface area contributed by atoms with Gasteiger partial charge in [0, 0.05) is 10.7 Å². The molecule has 0 saturated carbocycles. The number of hydrogen-bond acceptors (Lipinski definition) is 3. The van der Waals surface area contributed by atoms with E-state index in [0.29, 0.717) is 5.69 Å². The van der Waals surface area contributed by atoms with Gasteiger partial charge in [0.05, 0.1) is 17.7 Å². The molecule has 0 radical (unpaired) electrons. The van der Waals surface area contributed by atoms with Crippen molar-refractivity contribution in [2.75, 3.05) is 5.73 Å². The van der Waals surface area contributed by atoms with Crippen LogP contribution in [0.3, 0.4) is 0 Å². The molecule has 4 nitrogen and oxygen atoms in total. The molecule has 2 atom stereocenters.